The van der Waals surface area contributed by atoms with E-state index in [4.69, 9.17) is 0 Å². The molecule has 3 heteroatoms. The summed E-state index contributed by atoms with van der Waals surface area (Å²) in [4.78, 5) is 4.66. The average Bonchev–Trinajstić information content (AvgIpc) is 3.41. The Balaban J connectivity index is 0.902. The molecule has 11 rings (SSSR count). The van der Waals surface area contributed by atoms with Gasteiger partial charge in [0.15, 0.2) is 0 Å². The van der Waals surface area contributed by atoms with E-state index in [0.717, 1.165) is 34.1 Å². The number of hydrogen-bond acceptors (Lipinski definition) is 2. The Kier molecular flexibility index (Phi) is 11.6. The van der Waals surface area contributed by atoms with Gasteiger partial charge in [0.25, 0.3) is 0 Å². The maximum atomic E-state index is 2.40. The van der Waals surface area contributed by atoms with Crippen LogP contribution in [-0.2, 0) is 0 Å². The second-order valence-electron chi connectivity index (χ2n) is 16.9. The van der Waals surface area contributed by atoms with Gasteiger partial charge in [0, 0.05) is 28.4 Å². The van der Waals surface area contributed by atoms with E-state index in [0.29, 0.717) is 0 Å². The van der Waals surface area contributed by atoms with Gasteiger partial charge in [-0.1, -0.05) is 66.7 Å². The summed E-state index contributed by atoms with van der Waals surface area (Å²) in [5.41, 5.74) is 11.4. The van der Waals surface area contributed by atoms with Crippen LogP contribution < -0.4 is 27.4 Å². The average molecular weight is 918 g/mol. The Morgan fingerprint density at radius 3 is 0.881 bits per heavy atom. The van der Waals surface area contributed by atoms with Crippen LogP contribution in [-0.4, -0.2) is 13.3 Å². The summed E-state index contributed by atoms with van der Waals surface area (Å²) in [7, 11) is 0. The maximum Gasteiger partial charge on any atom is 0.0468 e. The zero-order valence-electron chi connectivity index (χ0n) is 37.1. The van der Waals surface area contributed by atoms with Gasteiger partial charge in [-0.3, -0.25) is 0 Å². The van der Waals surface area contributed by atoms with Gasteiger partial charge in [0.1, 0.15) is 0 Å². The van der Waals surface area contributed by atoms with E-state index < -0.39 is 13.3 Å². The van der Waals surface area contributed by atoms with E-state index in [9.17, 15) is 0 Å². The molecule has 0 saturated carbocycles. The van der Waals surface area contributed by atoms with Crippen LogP contribution in [0.2, 0.25) is 0 Å². The Bertz CT molecular complexity index is 3210. The van der Waals surface area contributed by atoms with Crippen molar-refractivity contribution in [2.45, 2.75) is 0 Å². The van der Waals surface area contributed by atoms with Crippen molar-refractivity contribution in [2.24, 2.45) is 0 Å². The zero-order valence-corrected chi connectivity index (χ0v) is 39.2. The maximum absolute atomic E-state index is 3.32. The third-order valence-electron chi connectivity index (χ3n) is 13.0. The third-order valence-corrected chi connectivity index (χ3v) is 23.1. The van der Waals surface area contributed by atoms with E-state index in [-0.39, 0.29) is 0 Å². The number of anilines is 6. The van der Waals surface area contributed by atoms with E-state index >= 15 is 0 Å². The van der Waals surface area contributed by atoms with Gasteiger partial charge < -0.3 is 9.80 Å². The quantitative estimate of drug-likeness (QED) is 0.113. The monoisotopic (exact) mass is 918 g/mol. The molecule has 0 aromatic heterocycles. The topological polar surface area (TPSA) is 6.48 Å². The smallest absolute Gasteiger partial charge is 0.0468 e. The fourth-order valence-electron chi connectivity index (χ4n) is 9.75. The first-order chi connectivity index (χ1) is 33.2. The van der Waals surface area contributed by atoms with Crippen molar-refractivity contribution >= 4 is 75.7 Å². The standard InChI is InChI=1S/C64H48GeN2/c1-6-20-55(21-7-1)65(56-22-8-2-9-23-56,57-24-10-3-11-25-57)58-39-34-52(35-40-58)50-30-32-51(33-31-50)53-36-41-61(42-37-53)67(64-43-38-49-18-16-17-19-54(49)48-64)63-46-44-62(45-47-63)66(59-26-12-4-13-27-59)60-28-14-5-15-29-60/h1-48H. The largest absolute Gasteiger partial charge is 0.0616 e. The molecule has 0 atom stereocenters. The molecule has 0 aliphatic heterocycles. The van der Waals surface area contributed by atoms with Crippen LogP contribution >= 0.6 is 0 Å². The van der Waals surface area contributed by atoms with Crippen molar-refractivity contribution in [3.8, 4) is 22.3 Å². The summed E-state index contributed by atoms with van der Waals surface area (Å²) in [6, 6.07) is 106. The summed E-state index contributed by atoms with van der Waals surface area (Å²) in [6.45, 7) is 0. The molecule has 11 aromatic rings. The van der Waals surface area contributed by atoms with Gasteiger partial charge in [-0.25, -0.2) is 0 Å². The Morgan fingerprint density at radius 1 is 0.194 bits per heavy atom. The van der Waals surface area contributed by atoms with Gasteiger partial charge in [-0.05, 0) is 71.4 Å². The molecule has 0 aliphatic rings. The van der Waals surface area contributed by atoms with Crippen LogP contribution in [0.1, 0.15) is 0 Å². The Morgan fingerprint density at radius 2 is 0.463 bits per heavy atom. The normalized spacial score (nSPS) is 11.3. The molecule has 0 radical (unpaired) electrons. The van der Waals surface area contributed by atoms with Crippen molar-refractivity contribution in [1.82, 2.24) is 0 Å². The molecule has 67 heavy (non-hydrogen) atoms. The number of fused-ring (bicyclic) bond motifs is 1. The van der Waals surface area contributed by atoms with Gasteiger partial charge in [0.05, 0.1) is 0 Å². The van der Waals surface area contributed by atoms with Gasteiger partial charge in [-0.2, -0.15) is 0 Å². The predicted octanol–water partition coefficient (Wildman–Crippen LogP) is 14.5. The molecule has 2 nitrogen and oxygen atoms in total. The predicted molar refractivity (Wildman–Crippen MR) is 288 cm³/mol. The molecule has 0 spiro atoms. The summed E-state index contributed by atoms with van der Waals surface area (Å²) >= 11 is -3.32. The van der Waals surface area contributed by atoms with E-state index in [1.165, 1.54) is 50.6 Å². The first kappa shape index (κ1) is 41.5. The Hall–Kier alpha value is -8.18. The van der Waals surface area contributed by atoms with Crippen molar-refractivity contribution in [1.29, 1.82) is 0 Å². The second kappa shape index (κ2) is 18.7. The molecule has 318 valence electrons. The number of para-hydroxylation sites is 2. The number of rotatable bonds is 12. The van der Waals surface area contributed by atoms with Crippen LogP contribution in [0.25, 0.3) is 33.0 Å². The van der Waals surface area contributed by atoms with Crippen LogP contribution in [0.5, 0.6) is 0 Å². The number of hydrogen-bond donors (Lipinski definition) is 0. The van der Waals surface area contributed by atoms with Gasteiger partial charge in [0.2, 0.25) is 0 Å². The minimum atomic E-state index is -3.32. The van der Waals surface area contributed by atoms with Gasteiger partial charge in [-0.15, -0.1) is 0 Å². The van der Waals surface area contributed by atoms with E-state index in [1.807, 2.05) is 0 Å². The van der Waals surface area contributed by atoms with E-state index in [2.05, 4.69) is 301 Å². The molecule has 0 saturated heterocycles. The van der Waals surface area contributed by atoms with Crippen molar-refractivity contribution in [3.05, 3.63) is 291 Å². The third kappa shape index (κ3) is 8.25. The minimum Gasteiger partial charge on any atom is -0.0616 e. The number of benzene rings is 11. The molecule has 0 heterocycles. The van der Waals surface area contributed by atoms with Crippen LogP contribution in [0.4, 0.5) is 34.1 Å². The minimum absolute atomic E-state index is 1.08. The fourth-order valence-corrected chi connectivity index (χ4v) is 19.7. The molecule has 0 fully saturated rings. The fraction of sp³-hybridized carbons (Fsp3) is 0. The van der Waals surface area contributed by atoms with Crippen molar-refractivity contribution < 1.29 is 0 Å². The summed E-state index contributed by atoms with van der Waals surface area (Å²) in [6.07, 6.45) is 0. The van der Waals surface area contributed by atoms with Crippen molar-refractivity contribution in [2.75, 3.05) is 9.80 Å². The Labute approximate surface area is 396 Å². The SMILES string of the molecule is c1ccc(N(c2ccccc2)c2ccc(N(c3ccc(-c4ccc(-c5cc[c]([Ge]([c]6ccccc6)([c]6ccccc6)[c]6ccccc6)cc5)cc4)cc3)c3ccc4ccccc4c3)cc2)cc1. The van der Waals surface area contributed by atoms with Gasteiger partial charge >= 0.3 is 223 Å². The molecule has 0 unspecified atom stereocenters. The second-order valence-corrected chi connectivity index (χ2v) is 24.9. The first-order valence-electron chi connectivity index (χ1n) is 23.0. The van der Waals surface area contributed by atoms with Crippen molar-refractivity contribution in [3.63, 3.8) is 0 Å². The summed E-state index contributed by atoms with van der Waals surface area (Å²) in [5.74, 6) is 0. The zero-order chi connectivity index (χ0) is 44.8. The summed E-state index contributed by atoms with van der Waals surface area (Å²) < 4.78 is 5.69. The number of nitrogens with zero attached hydrogens (tertiary/aromatic N) is 2. The molecule has 0 amide bonds. The molecular weight excluding hydrogens is 869 g/mol. The van der Waals surface area contributed by atoms with Crippen LogP contribution in [0.3, 0.4) is 0 Å². The first-order valence-corrected chi connectivity index (χ1v) is 27.2. The molecule has 0 N–H and O–H groups in total. The molecule has 0 bridgehead atoms. The molecular formula is C64H48GeN2. The van der Waals surface area contributed by atoms with E-state index in [1.54, 1.807) is 0 Å². The molecule has 0 aliphatic carbocycles. The summed E-state index contributed by atoms with van der Waals surface area (Å²) in [5, 5.41) is 2.43. The van der Waals surface area contributed by atoms with Crippen LogP contribution in [0.15, 0.2) is 291 Å². The van der Waals surface area contributed by atoms with Crippen LogP contribution in [0, 0.1) is 0 Å². The molecule has 11 aromatic carbocycles.